The molecule has 0 bridgehead atoms. The lowest BCUT2D eigenvalue weighted by Gasteiger charge is -2.28. The maximum atomic E-state index is 13.0. The second-order valence-corrected chi connectivity index (χ2v) is 5.56. The quantitative estimate of drug-likeness (QED) is 0.673. The normalized spacial score (nSPS) is 21.9. The summed E-state index contributed by atoms with van der Waals surface area (Å²) < 4.78 is 18.3. The zero-order valence-electron chi connectivity index (χ0n) is 11.5. The third-order valence-corrected chi connectivity index (χ3v) is 4.19. The summed E-state index contributed by atoms with van der Waals surface area (Å²) in [7, 11) is 0. The van der Waals surface area contributed by atoms with Crippen LogP contribution in [0.4, 0.5) is 4.39 Å². The van der Waals surface area contributed by atoms with Gasteiger partial charge in [0, 0.05) is 18.5 Å². The molecule has 2 aliphatic rings. The van der Waals surface area contributed by atoms with Crippen molar-refractivity contribution in [3.63, 3.8) is 0 Å². The van der Waals surface area contributed by atoms with Crippen molar-refractivity contribution in [1.29, 1.82) is 0 Å². The molecule has 1 aromatic carbocycles. The summed E-state index contributed by atoms with van der Waals surface area (Å²) in [5, 5.41) is 0. The Balaban J connectivity index is 1.66. The lowest BCUT2D eigenvalue weighted by atomic mass is 9.96. The van der Waals surface area contributed by atoms with Crippen LogP contribution in [0.2, 0.25) is 0 Å². The smallest absolute Gasteiger partial charge is 0.191 e. The van der Waals surface area contributed by atoms with Crippen LogP contribution in [-0.4, -0.2) is 43.7 Å². The largest absolute Gasteiger partial charge is 0.378 e. The molecule has 0 amide bonds. The van der Waals surface area contributed by atoms with E-state index in [0.717, 1.165) is 31.5 Å². The fraction of sp³-hybridized carbons (Fsp3) is 0.533. The van der Waals surface area contributed by atoms with Crippen LogP contribution >= 0.6 is 0 Å². The Morgan fingerprint density at radius 2 is 1.90 bits per heavy atom. The highest BCUT2D eigenvalue weighted by Crippen LogP contribution is 2.48. The molecule has 5 heteroatoms. The average molecular weight is 277 g/mol. The third-order valence-electron chi connectivity index (χ3n) is 4.19. The standard InChI is InChI=1S/C15H20FN3O/c16-13-3-1-12(2-4-13)15(5-6-15)11-18-14(17)19-7-9-20-10-8-19/h1-4H,5-11H2,(H2,17,18). The number of hydrogen-bond acceptors (Lipinski definition) is 2. The Bertz CT molecular complexity index is 490. The lowest BCUT2D eigenvalue weighted by molar-refractivity contribution is 0.0674. The van der Waals surface area contributed by atoms with Gasteiger partial charge in [-0.25, -0.2) is 4.39 Å². The van der Waals surface area contributed by atoms with Crippen molar-refractivity contribution < 1.29 is 9.13 Å². The topological polar surface area (TPSA) is 50.8 Å². The van der Waals surface area contributed by atoms with Crippen molar-refractivity contribution in [3.8, 4) is 0 Å². The van der Waals surface area contributed by atoms with Crippen LogP contribution in [0.15, 0.2) is 29.3 Å². The number of nitrogens with zero attached hydrogens (tertiary/aromatic N) is 2. The summed E-state index contributed by atoms with van der Waals surface area (Å²) in [6.45, 7) is 3.71. The number of rotatable bonds is 3. The Kier molecular flexibility index (Phi) is 3.61. The van der Waals surface area contributed by atoms with Crippen molar-refractivity contribution in [2.24, 2.45) is 10.7 Å². The molecule has 0 atom stereocenters. The number of nitrogens with two attached hydrogens (primary N) is 1. The van der Waals surface area contributed by atoms with Gasteiger partial charge in [0.15, 0.2) is 5.96 Å². The monoisotopic (exact) mass is 277 g/mol. The molecule has 2 N–H and O–H groups in total. The van der Waals surface area contributed by atoms with E-state index >= 15 is 0 Å². The molecule has 0 radical (unpaired) electrons. The maximum absolute atomic E-state index is 13.0. The van der Waals surface area contributed by atoms with Gasteiger partial charge in [0.05, 0.1) is 19.8 Å². The zero-order chi connectivity index (χ0) is 14.0. The van der Waals surface area contributed by atoms with E-state index in [1.165, 1.54) is 12.1 Å². The second kappa shape index (κ2) is 5.40. The van der Waals surface area contributed by atoms with E-state index in [0.29, 0.717) is 25.7 Å². The highest BCUT2D eigenvalue weighted by Gasteiger charge is 2.44. The van der Waals surface area contributed by atoms with E-state index in [4.69, 9.17) is 10.5 Å². The van der Waals surface area contributed by atoms with Crippen molar-refractivity contribution >= 4 is 5.96 Å². The number of aliphatic imine (C=N–C) groups is 1. The minimum atomic E-state index is -0.194. The molecule has 1 heterocycles. The van der Waals surface area contributed by atoms with Crippen molar-refractivity contribution in [2.45, 2.75) is 18.3 Å². The summed E-state index contributed by atoms with van der Waals surface area (Å²) in [5.74, 6) is 0.405. The highest BCUT2D eigenvalue weighted by molar-refractivity contribution is 5.78. The van der Waals surface area contributed by atoms with E-state index in [1.54, 1.807) is 0 Å². The SMILES string of the molecule is NC(=NCC1(c2ccc(F)cc2)CC1)N1CCOCC1. The van der Waals surface area contributed by atoms with E-state index in [-0.39, 0.29) is 11.2 Å². The fourth-order valence-corrected chi connectivity index (χ4v) is 2.62. The van der Waals surface area contributed by atoms with Crippen molar-refractivity contribution in [2.75, 3.05) is 32.8 Å². The first kappa shape index (κ1) is 13.4. The molecule has 1 saturated carbocycles. The molecule has 0 spiro atoms. The number of hydrogen-bond donors (Lipinski definition) is 1. The molecule has 1 aliphatic heterocycles. The predicted octanol–water partition coefficient (Wildman–Crippen LogP) is 1.50. The molecule has 0 aromatic heterocycles. The Morgan fingerprint density at radius 3 is 2.50 bits per heavy atom. The zero-order valence-corrected chi connectivity index (χ0v) is 11.5. The minimum absolute atomic E-state index is 0.0740. The first-order valence-electron chi connectivity index (χ1n) is 7.08. The maximum Gasteiger partial charge on any atom is 0.191 e. The average Bonchev–Trinajstić information content (AvgIpc) is 3.27. The molecule has 0 unspecified atom stereocenters. The van der Waals surface area contributed by atoms with Gasteiger partial charge in [0.25, 0.3) is 0 Å². The highest BCUT2D eigenvalue weighted by atomic mass is 19.1. The summed E-state index contributed by atoms with van der Waals surface area (Å²) in [4.78, 5) is 6.61. The van der Waals surface area contributed by atoms with Crippen molar-refractivity contribution in [3.05, 3.63) is 35.6 Å². The van der Waals surface area contributed by atoms with Crippen LogP contribution in [0.5, 0.6) is 0 Å². The molecular weight excluding hydrogens is 257 g/mol. The van der Waals surface area contributed by atoms with E-state index in [2.05, 4.69) is 9.89 Å². The first-order valence-corrected chi connectivity index (χ1v) is 7.08. The van der Waals surface area contributed by atoms with Gasteiger partial charge in [-0.3, -0.25) is 4.99 Å². The van der Waals surface area contributed by atoms with Crippen molar-refractivity contribution in [1.82, 2.24) is 4.90 Å². The van der Waals surface area contributed by atoms with Crippen LogP contribution in [0.3, 0.4) is 0 Å². The van der Waals surface area contributed by atoms with Gasteiger partial charge < -0.3 is 15.4 Å². The number of halogens is 1. The van der Waals surface area contributed by atoms with Crippen LogP contribution < -0.4 is 5.73 Å². The van der Waals surface area contributed by atoms with E-state index in [1.807, 2.05) is 12.1 Å². The molecule has 1 saturated heterocycles. The van der Waals surface area contributed by atoms with Crippen LogP contribution in [0, 0.1) is 5.82 Å². The van der Waals surface area contributed by atoms with Gasteiger partial charge in [-0.1, -0.05) is 12.1 Å². The van der Waals surface area contributed by atoms with Crippen LogP contribution in [0.1, 0.15) is 18.4 Å². The molecule has 3 rings (SSSR count). The number of ether oxygens (including phenoxy) is 1. The van der Waals surface area contributed by atoms with Gasteiger partial charge in [-0.15, -0.1) is 0 Å². The van der Waals surface area contributed by atoms with Gasteiger partial charge in [0.2, 0.25) is 0 Å². The summed E-state index contributed by atoms with van der Waals surface area (Å²) in [6, 6.07) is 6.76. The number of benzene rings is 1. The molecule has 1 aromatic rings. The number of guanidine groups is 1. The minimum Gasteiger partial charge on any atom is -0.378 e. The molecule has 4 nitrogen and oxygen atoms in total. The van der Waals surface area contributed by atoms with Crippen LogP contribution in [0.25, 0.3) is 0 Å². The first-order chi connectivity index (χ1) is 9.70. The summed E-state index contributed by atoms with van der Waals surface area (Å²) in [6.07, 6.45) is 2.19. The molecule has 2 fully saturated rings. The van der Waals surface area contributed by atoms with E-state index in [9.17, 15) is 4.39 Å². The Labute approximate surface area is 118 Å². The van der Waals surface area contributed by atoms with Gasteiger partial charge in [-0.05, 0) is 30.5 Å². The van der Waals surface area contributed by atoms with Gasteiger partial charge in [-0.2, -0.15) is 0 Å². The fourth-order valence-electron chi connectivity index (χ4n) is 2.62. The van der Waals surface area contributed by atoms with E-state index < -0.39 is 0 Å². The van der Waals surface area contributed by atoms with Crippen LogP contribution in [-0.2, 0) is 10.2 Å². The predicted molar refractivity (Wildman–Crippen MR) is 76.2 cm³/mol. The van der Waals surface area contributed by atoms with Gasteiger partial charge in [0.1, 0.15) is 5.82 Å². The molecule has 1 aliphatic carbocycles. The summed E-state index contributed by atoms with van der Waals surface area (Å²) in [5.41, 5.74) is 7.28. The lowest BCUT2D eigenvalue weighted by Crippen LogP contribution is -2.45. The molecule has 108 valence electrons. The van der Waals surface area contributed by atoms with Gasteiger partial charge >= 0.3 is 0 Å². The molecule has 20 heavy (non-hydrogen) atoms. The Morgan fingerprint density at radius 1 is 1.25 bits per heavy atom. The number of morpholine rings is 1. The summed E-state index contributed by atoms with van der Waals surface area (Å²) >= 11 is 0. The Hall–Kier alpha value is -1.62. The third kappa shape index (κ3) is 2.77. The molecular formula is C15H20FN3O. The second-order valence-electron chi connectivity index (χ2n) is 5.56.